The van der Waals surface area contributed by atoms with Gasteiger partial charge in [-0.15, -0.1) is 0 Å². The summed E-state index contributed by atoms with van der Waals surface area (Å²) in [6.07, 6.45) is 3.75. The van der Waals surface area contributed by atoms with Crippen LogP contribution in [0.5, 0.6) is 5.75 Å². The smallest absolute Gasteiger partial charge is 0.166 e. The van der Waals surface area contributed by atoms with Crippen LogP contribution in [0.2, 0.25) is 0 Å². The van der Waals surface area contributed by atoms with Gasteiger partial charge in [-0.1, -0.05) is 0 Å². The summed E-state index contributed by atoms with van der Waals surface area (Å²) < 4.78 is 14.9. The number of anilines is 1. The molecule has 4 aromatic rings. The van der Waals surface area contributed by atoms with Gasteiger partial charge in [-0.2, -0.15) is 5.10 Å². The minimum atomic E-state index is 0.657. The average Bonchev–Trinajstić information content (AvgIpc) is 3.44. The second kappa shape index (κ2) is 7.99. The number of imidazole rings is 1. The zero-order valence-corrected chi connectivity index (χ0v) is 17.9. The summed E-state index contributed by atoms with van der Waals surface area (Å²) in [5.74, 6) is 2.27. The van der Waals surface area contributed by atoms with E-state index in [4.69, 9.17) is 19.4 Å². The minimum absolute atomic E-state index is 0.657. The van der Waals surface area contributed by atoms with E-state index in [1.807, 2.05) is 48.4 Å². The molecule has 1 aliphatic rings. The van der Waals surface area contributed by atoms with Crippen molar-refractivity contribution in [1.82, 2.24) is 29.3 Å². The predicted octanol–water partition coefficient (Wildman–Crippen LogP) is 2.76. The number of hydrogen-bond acceptors (Lipinski definition) is 7. The van der Waals surface area contributed by atoms with Crippen molar-refractivity contribution in [3.63, 3.8) is 0 Å². The Balaban J connectivity index is 1.67. The van der Waals surface area contributed by atoms with Gasteiger partial charge in [0, 0.05) is 44.0 Å². The molecule has 5 rings (SSSR count). The molecule has 1 saturated heterocycles. The van der Waals surface area contributed by atoms with Crippen LogP contribution in [0.15, 0.2) is 36.8 Å². The zero-order valence-electron chi connectivity index (χ0n) is 17.9. The fraction of sp³-hybridized carbons (Fsp3) is 0.364. The largest absolute Gasteiger partial charge is 0.496 e. The van der Waals surface area contributed by atoms with Gasteiger partial charge in [-0.3, -0.25) is 4.68 Å². The zero-order chi connectivity index (χ0) is 21.4. The first-order chi connectivity index (χ1) is 15.2. The monoisotopic (exact) mass is 419 g/mol. The molecular formula is C22H25N7O2. The summed E-state index contributed by atoms with van der Waals surface area (Å²) >= 11 is 0. The van der Waals surface area contributed by atoms with E-state index in [9.17, 15) is 0 Å². The molecule has 1 fully saturated rings. The molecule has 0 bridgehead atoms. The van der Waals surface area contributed by atoms with E-state index in [1.54, 1.807) is 11.8 Å². The number of rotatable bonds is 5. The van der Waals surface area contributed by atoms with Crippen LogP contribution in [0.3, 0.4) is 0 Å². The molecule has 31 heavy (non-hydrogen) atoms. The van der Waals surface area contributed by atoms with Crippen molar-refractivity contribution >= 4 is 17.0 Å². The Morgan fingerprint density at radius 3 is 2.68 bits per heavy atom. The van der Waals surface area contributed by atoms with Gasteiger partial charge in [0.2, 0.25) is 0 Å². The van der Waals surface area contributed by atoms with Crippen LogP contribution in [0.4, 0.5) is 5.82 Å². The number of aryl methyl sites for hydroxylation is 2. The fourth-order valence-electron chi connectivity index (χ4n) is 3.89. The number of benzene rings is 1. The highest BCUT2D eigenvalue weighted by molar-refractivity contribution is 5.86. The Bertz CT molecular complexity index is 1220. The summed E-state index contributed by atoms with van der Waals surface area (Å²) in [6, 6.07) is 7.94. The number of morpholine rings is 1. The maximum atomic E-state index is 5.59. The maximum absolute atomic E-state index is 5.59. The molecule has 4 heterocycles. The lowest BCUT2D eigenvalue weighted by Crippen LogP contribution is -2.37. The van der Waals surface area contributed by atoms with Crippen LogP contribution in [-0.4, -0.2) is 62.7 Å². The quantitative estimate of drug-likeness (QED) is 0.492. The normalized spacial score (nSPS) is 14.4. The van der Waals surface area contributed by atoms with Gasteiger partial charge in [-0.25, -0.2) is 15.0 Å². The summed E-state index contributed by atoms with van der Waals surface area (Å²) in [6.45, 7) is 5.81. The van der Waals surface area contributed by atoms with Crippen molar-refractivity contribution in [3.05, 3.63) is 36.8 Å². The van der Waals surface area contributed by atoms with E-state index in [-0.39, 0.29) is 0 Å². The molecule has 0 amide bonds. The highest BCUT2D eigenvalue weighted by Gasteiger charge is 2.21. The van der Waals surface area contributed by atoms with E-state index in [0.717, 1.165) is 59.2 Å². The van der Waals surface area contributed by atoms with Gasteiger partial charge in [0.1, 0.15) is 5.75 Å². The summed E-state index contributed by atoms with van der Waals surface area (Å²) in [5, 5.41) is 4.54. The Kier molecular flexibility index (Phi) is 5.03. The molecule has 0 atom stereocenters. The first-order valence-corrected chi connectivity index (χ1v) is 10.4. The molecule has 0 unspecified atom stereocenters. The van der Waals surface area contributed by atoms with Crippen LogP contribution in [-0.2, 0) is 18.3 Å². The van der Waals surface area contributed by atoms with Crippen LogP contribution in [0.1, 0.15) is 6.92 Å². The van der Waals surface area contributed by atoms with Crippen LogP contribution >= 0.6 is 0 Å². The molecule has 0 N–H and O–H groups in total. The molecular weight excluding hydrogens is 394 g/mol. The van der Waals surface area contributed by atoms with Gasteiger partial charge in [0.05, 0.1) is 32.3 Å². The third kappa shape index (κ3) is 3.50. The number of fused-ring (bicyclic) bond motifs is 1. The van der Waals surface area contributed by atoms with Crippen molar-refractivity contribution < 1.29 is 9.47 Å². The lowest BCUT2D eigenvalue weighted by Gasteiger charge is -2.28. The third-order valence-corrected chi connectivity index (χ3v) is 5.54. The molecule has 3 aromatic heterocycles. The lowest BCUT2D eigenvalue weighted by molar-refractivity contribution is 0.122. The Labute approximate surface area is 180 Å². The highest BCUT2D eigenvalue weighted by atomic mass is 16.5. The first-order valence-electron chi connectivity index (χ1n) is 10.4. The number of ether oxygens (including phenoxy) is 2. The van der Waals surface area contributed by atoms with Gasteiger partial charge < -0.3 is 18.9 Å². The summed E-state index contributed by atoms with van der Waals surface area (Å²) in [7, 11) is 3.57. The Morgan fingerprint density at radius 1 is 1.13 bits per heavy atom. The van der Waals surface area contributed by atoms with Gasteiger partial charge >= 0.3 is 0 Å². The molecule has 1 aliphatic heterocycles. The van der Waals surface area contributed by atoms with Crippen LogP contribution in [0, 0.1) is 0 Å². The van der Waals surface area contributed by atoms with E-state index in [1.165, 1.54) is 0 Å². The molecule has 160 valence electrons. The van der Waals surface area contributed by atoms with Crippen molar-refractivity contribution in [3.8, 4) is 28.4 Å². The van der Waals surface area contributed by atoms with Crippen molar-refractivity contribution in [2.75, 3.05) is 38.3 Å². The highest BCUT2D eigenvalue weighted by Crippen LogP contribution is 2.34. The molecule has 9 nitrogen and oxygen atoms in total. The minimum Gasteiger partial charge on any atom is -0.496 e. The van der Waals surface area contributed by atoms with Gasteiger partial charge in [0.25, 0.3) is 0 Å². The summed E-state index contributed by atoms with van der Waals surface area (Å²) in [5.41, 5.74) is 4.31. The van der Waals surface area contributed by atoms with Crippen LogP contribution < -0.4 is 9.64 Å². The van der Waals surface area contributed by atoms with Crippen molar-refractivity contribution in [2.24, 2.45) is 7.05 Å². The molecule has 0 spiro atoms. The lowest BCUT2D eigenvalue weighted by atomic mass is 10.1. The standard InChI is InChI=1S/C22H25N7O2/c1-4-28-14-23-19-21(28)24-20(25-22(19)29-9-11-31-12-10-29)15-5-6-18(30-3)16(13-15)17-7-8-27(2)26-17/h5-8,13-14H,4,9-12H2,1-3H3. The third-order valence-electron chi connectivity index (χ3n) is 5.54. The van der Waals surface area contributed by atoms with E-state index < -0.39 is 0 Å². The average molecular weight is 419 g/mol. The molecule has 0 radical (unpaired) electrons. The first kappa shape index (κ1) is 19.5. The van der Waals surface area contributed by atoms with E-state index in [2.05, 4.69) is 21.9 Å². The van der Waals surface area contributed by atoms with Gasteiger partial charge in [0.15, 0.2) is 22.8 Å². The van der Waals surface area contributed by atoms with Crippen molar-refractivity contribution in [1.29, 1.82) is 0 Å². The van der Waals surface area contributed by atoms with Crippen LogP contribution in [0.25, 0.3) is 33.8 Å². The second-order valence-electron chi connectivity index (χ2n) is 7.46. The van der Waals surface area contributed by atoms with Gasteiger partial charge in [-0.05, 0) is 31.2 Å². The maximum Gasteiger partial charge on any atom is 0.166 e. The molecule has 9 heteroatoms. The van der Waals surface area contributed by atoms with E-state index >= 15 is 0 Å². The number of methoxy groups -OCH3 is 1. The molecule has 1 aromatic carbocycles. The summed E-state index contributed by atoms with van der Waals surface area (Å²) in [4.78, 5) is 16.7. The van der Waals surface area contributed by atoms with Crippen molar-refractivity contribution in [2.45, 2.75) is 13.5 Å². The SMILES string of the molecule is CCn1cnc2c(N3CCOCC3)nc(-c3ccc(OC)c(-c4ccn(C)n4)c3)nc21. The number of hydrogen-bond donors (Lipinski definition) is 0. The van der Waals surface area contributed by atoms with E-state index in [0.29, 0.717) is 19.0 Å². The Morgan fingerprint density at radius 2 is 1.97 bits per heavy atom. The number of nitrogens with zero attached hydrogens (tertiary/aromatic N) is 7. The predicted molar refractivity (Wildman–Crippen MR) is 118 cm³/mol. The number of aromatic nitrogens is 6. The fourth-order valence-corrected chi connectivity index (χ4v) is 3.89. The molecule has 0 saturated carbocycles. The Hall–Kier alpha value is -3.46. The molecule has 0 aliphatic carbocycles. The topological polar surface area (TPSA) is 83.1 Å². The second-order valence-corrected chi connectivity index (χ2v) is 7.46.